The highest BCUT2D eigenvalue weighted by atomic mass is 35.5. The van der Waals surface area contributed by atoms with Crippen LogP contribution in [0.2, 0.25) is 10.0 Å². The molecule has 3 rings (SSSR count). The molecule has 0 bridgehead atoms. The second-order valence-electron chi connectivity index (χ2n) is 6.61. The maximum absolute atomic E-state index is 12.3. The van der Waals surface area contributed by atoms with Gasteiger partial charge < -0.3 is 15.1 Å². The molecule has 0 unspecified atom stereocenters. The molecule has 1 heterocycles. The Balaban J connectivity index is 1.61. The van der Waals surface area contributed by atoms with Crippen LogP contribution < -0.4 is 10.2 Å². The zero-order valence-corrected chi connectivity index (χ0v) is 16.4. The molecule has 0 spiro atoms. The van der Waals surface area contributed by atoms with Crippen molar-refractivity contribution in [3.63, 3.8) is 0 Å². The lowest BCUT2D eigenvalue weighted by atomic mass is 10.1. The normalized spacial score (nSPS) is 15.1. The molecule has 1 fully saturated rings. The van der Waals surface area contributed by atoms with Crippen LogP contribution in [0.15, 0.2) is 42.5 Å². The highest BCUT2D eigenvalue weighted by Crippen LogP contribution is 2.23. The summed E-state index contributed by atoms with van der Waals surface area (Å²) in [6.07, 6.45) is 0.243. The van der Waals surface area contributed by atoms with Crippen molar-refractivity contribution < 1.29 is 4.79 Å². The minimum Gasteiger partial charge on any atom is -0.369 e. The molecule has 4 nitrogen and oxygen atoms in total. The van der Waals surface area contributed by atoms with Crippen LogP contribution in [0.5, 0.6) is 0 Å². The van der Waals surface area contributed by atoms with E-state index in [1.54, 1.807) is 18.2 Å². The highest BCUT2D eigenvalue weighted by Gasteiger charge is 2.17. The molecule has 6 heteroatoms. The van der Waals surface area contributed by atoms with Gasteiger partial charge in [-0.2, -0.15) is 0 Å². The number of amides is 1. The molecular weight excluding hydrogens is 369 g/mol. The Morgan fingerprint density at radius 3 is 2.50 bits per heavy atom. The minimum absolute atomic E-state index is 0.0533. The Morgan fingerprint density at radius 1 is 1.04 bits per heavy atom. The first-order chi connectivity index (χ1) is 12.5. The number of benzene rings is 2. The van der Waals surface area contributed by atoms with E-state index in [2.05, 4.69) is 34.3 Å². The summed E-state index contributed by atoms with van der Waals surface area (Å²) in [6.45, 7) is 4.61. The highest BCUT2D eigenvalue weighted by molar-refractivity contribution is 6.35. The van der Waals surface area contributed by atoms with Crippen LogP contribution >= 0.6 is 23.2 Å². The van der Waals surface area contributed by atoms with Gasteiger partial charge in [0.2, 0.25) is 5.91 Å². The van der Waals surface area contributed by atoms with Crippen LogP contribution in [0.25, 0.3) is 0 Å². The summed E-state index contributed by atoms with van der Waals surface area (Å²) in [5, 5.41) is 4.10. The average Bonchev–Trinajstić information content (AvgIpc) is 2.63. The van der Waals surface area contributed by atoms with Crippen molar-refractivity contribution in [3.8, 4) is 0 Å². The van der Waals surface area contributed by atoms with Gasteiger partial charge in [0.1, 0.15) is 0 Å². The van der Waals surface area contributed by atoms with Gasteiger partial charge >= 0.3 is 0 Å². The monoisotopic (exact) mass is 391 g/mol. The zero-order chi connectivity index (χ0) is 18.5. The fraction of sp³-hybridized carbons (Fsp3) is 0.350. The summed E-state index contributed by atoms with van der Waals surface area (Å²) in [7, 11) is 2.14. The fourth-order valence-electron chi connectivity index (χ4n) is 3.11. The van der Waals surface area contributed by atoms with E-state index in [1.165, 1.54) is 5.69 Å². The van der Waals surface area contributed by atoms with Gasteiger partial charge in [-0.15, -0.1) is 0 Å². The van der Waals surface area contributed by atoms with Gasteiger partial charge in [0.05, 0.1) is 6.42 Å². The van der Waals surface area contributed by atoms with Crippen molar-refractivity contribution >= 4 is 34.8 Å². The van der Waals surface area contributed by atoms with Gasteiger partial charge in [-0.1, -0.05) is 47.5 Å². The molecule has 1 N–H and O–H groups in total. The van der Waals surface area contributed by atoms with Crippen molar-refractivity contribution in [2.75, 3.05) is 38.1 Å². The second kappa shape index (κ2) is 8.76. The number of nitrogens with zero attached hydrogens (tertiary/aromatic N) is 2. The van der Waals surface area contributed by atoms with E-state index >= 15 is 0 Å². The predicted molar refractivity (Wildman–Crippen MR) is 108 cm³/mol. The van der Waals surface area contributed by atoms with Gasteiger partial charge in [-0.25, -0.2) is 0 Å². The van der Waals surface area contributed by atoms with Crippen LogP contribution in [0.4, 0.5) is 5.69 Å². The third-order valence-corrected chi connectivity index (χ3v) is 5.26. The molecule has 26 heavy (non-hydrogen) atoms. The minimum atomic E-state index is -0.0533. The molecule has 1 amide bonds. The third kappa shape index (κ3) is 4.91. The maximum Gasteiger partial charge on any atom is 0.224 e. The van der Waals surface area contributed by atoms with Gasteiger partial charge in [0.25, 0.3) is 0 Å². The van der Waals surface area contributed by atoms with Gasteiger partial charge in [0.15, 0.2) is 0 Å². The van der Waals surface area contributed by atoms with Crippen LogP contribution in [0.1, 0.15) is 11.1 Å². The molecule has 138 valence electrons. The molecule has 2 aromatic carbocycles. The lowest BCUT2D eigenvalue weighted by molar-refractivity contribution is -0.120. The number of hydrogen-bond acceptors (Lipinski definition) is 3. The Bertz CT molecular complexity index is 773. The lowest BCUT2D eigenvalue weighted by Crippen LogP contribution is -2.45. The van der Waals surface area contributed by atoms with E-state index in [0.717, 1.165) is 37.3 Å². The van der Waals surface area contributed by atoms with Crippen molar-refractivity contribution in [2.24, 2.45) is 0 Å². The number of rotatable bonds is 5. The lowest BCUT2D eigenvalue weighted by Gasteiger charge is -2.35. The van der Waals surface area contributed by atoms with E-state index < -0.39 is 0 Å². The molecular formula is C20H23Cl2N3O. The number of likely N-dealkylation sites (N-methyl/N-ethyl adjacent to an activating group) is 1. The smallest absolute Gasteiger partial charge is 0.224 e. The summed E-state index contributed by atoms with van der Waals surface area (Å²) >= 11 is 12.1. The third-order valence-electron chi connectivity index (χ3n) is 4.68. The zero-order valence-electron chi connectivity index (χ0n) is 14.8. The van der Waals surface area contributed by atoms with E-state index in [4.69, 9.17) is 23.2 Å². The molecule has 1 aliphatic rings. The first-order valence-electron chi connectivity index (χ1n) is 8.75. The Morgan fingerprint density at radius 2 is 1.77 bits per heavy atom. The predicted octanol–water partition coefficient (Wildman–Crippen LogP) is 3.60. The number of hydrogen-bond donors (Lipinski definition) is 1. The van der Waals surface area contributed by atoms with Crippen LogP contribution in [-0.2, 0) is 17.8 Å². The quantitative estimate of drug-likeness (QED) is 0.845. The van der Waals surface area contributed by atoms with Crippen molar-refractivity contribution in [3.05, 3.63) is 63.6 Å². The molecule has 0 aromatic heterocycles. The molecule has 0 saturated carbocycles. The fourth-order valence-corrected chi connectivity index (χ4v) is 3.59. The summed E-state index contributed by atoms with van der Waals surface area (Å²) in [5.41, 5.74) is 3.11. The average molecular weight is 392 g/mol. The molecule has 0 atom stereocenters. The maximum atomic E-state index is 12.3. The van der Waals surface area contributed by atoms with Crippen LogP contribution in [0.3, 0.4) is 0 Å². The standard InChI is InChI=1S/C20H23Cl2N3O/c1-24-8-10-25(11-9-24)19-5-3-2-4-16(19)14-23-20(26)12-15-6-7-17(21)13-18(15)22/h2-7,13H,8-12,14H2,1H3,(H,23,26). The van der Waals surface area contributed by atoms with E-state index in [1.807, 2.05) is 12.1 Å². The molecule has 1 saturated heterocycles. The van der Waals surface area contributed by atoms with E-state index in [9.17, 15) is 4.79 Å². The van der Waals surface area contributed by atoms with Crippen LogP contribution in [0, 0.1) is 0 Å². The summed E-state index contributed by atoms with van der Waals surface area (Å²) in [5.74, 6) is -0.0533. The number of carbonyl (C=O) groups excluding carboxylic acids is 1. The number of carbonyl (C=O) groups is 1. The largest absolute Gasteiger partial charge is 0.369 e. The molecule has 0 aliphatic carbocycles. The number of piperazine rings is 1. The van der Waals surface area contributed by atoms with Crippen LogP contribution in [-0.4, -0.2) is 44.0 Å². The number of halogens is 2. The summed E-state index contributed by atoms with van der Waals surface area (Å²) in [6, 6.07) is 13.5. The first kappa shape index (κ1) is 19.0. The van der Waals surface area contributed by atoms with Crippen molar-refractivity contribution in [2.45, 2.75) is 13.0 Å². The first-order valence-corrected chi connectivity index (χ1v) is 9.50. The van der Waals surface area contributed by atoms with E-state index in [0.29, 0.717) is 16.6 Å². The SMILES string of the molecule is CN1CCN(c2ccccc2CNC(=O)Cc2ccc(Cl)cc2Cl)CC1. The number of para-hydroxylation sites is 1. The molecule has 1 aliphatic heterocycles. The summed E-state index contributed by atoms with van der Waals surface area (Å²) < 4.78 is 0. The topological polar surface area (TPSA) is 35.6 Å². The number of anilines is 1. The van der Waals surface area contributed by atoms with Crippen molar-refractivity contribution in [1.82, 2.24) is 10.2 Å². The summed E-state index contributed by atoms with van der Waals surface area (Å²) in [4.78, 5) is 17.0. The number of nitrogens with one attached hydrogen (secondary N) is 1. The second-order valence-corrected chi connectivity index (χ2v) is 7.45. The van der Waals surface area contributed by atoms with Gasteiger partial charge in [0, 0.05) is 48.5 Å². The van der Waals surface area contributed by atoms with Gasteiger partial charge in [-0.3, -0.25) is 4.79 Å². The van der Waals surface area contributed by atoms with E-state index in [-0.39, 0.29) is 12.3 Å². The molecule has 2 aromatic rings. The Kier molecular flexibility index (Phi) is 6.41. The Labute approximate surface area is 164 Å². The molecule has 0 radical (unpaired) electrons. The van der Waals surface area contributed by atoms with Gasteiger partial charge in [-0.05, 0) is 36.4 Å². The Hall–Kier alpha value is -1.75. The van der Waals surface area contributed by atoms with Crippen molar-refractivity contribution in [1.29, 1.82) is 0 Å².